The Morgan fingerprint density at radius 3 is 2.71 bits per heavy atom. The Hall–Kier alpha value is -1.16. The fourth-order valence-electron chi connectivity index (χ4n) is 1.56. The highest BCUT2D eigenvalue weighted by Gasteiger charge is 2.26. The summed E-state index contributed by atoms with van der Waals surface area (Å²) in [6.45, 7) is 4.01. The molecule has 0 amide bonds. The Kier molecular flexibility index (Phi) is 2.37. The third-order valence-corrected chi connectivity index (χ3v) is 2.73. The number of hydrogen-bond donors (Lipinski definition) is 2. The van der Waals surface area contributed by atoms with Crippen molar-refractivity contribution in [1.29, 1.82) is 0 Å². The maximum atomic E-state index is 5.70. The molecule has 76 valence electrons. The second-order valence-corrected chi connectivity index (χ2v) is 4.03. The van der Waals surface area contributed by atoms with Crippen molar-refractivity contribution in [2.75, 3.05) is 5.32 Å². The van der Waals surface area contributed by atoms with Gasteiger partial charge in [-0.05, 0) is 32.3 Å². The van der Waals surface area contributed by atoms with Gasteiger partial charge in [-0.15, -0.1) is 0 Å². The summed E-state index contributed by atoms with van der Waals surface area (Å²) in [5, 5.41) is 3.27. The molecule has 0 atom stereocenters. The normalized spacial score (nSPS) is 25.6. The topological polar surface area (TPSA) is 63.8 Å². The van der Waals surface area contributed by atoms with Crippen LogP contribution in [0.4, 0.5) is 5.95 Å². The van der Waals surface area contributed by atoms with E-state index in [-0.39, 0.29) is 0 Å². The van der Waals surface area contributed by atoms with E-state index >= 15 is 0 Å². The molecule has 0 unspecified atom stereocenters. The van der Waals surface area contributed by atoms with Gasteiger partial charge in [-0.25, -0.2) is 9.97 Å². The lowest BCUT2D eigenvalue weighted by molar-refractivity contribution is 0.372. The Balaban J connectivity index is 2.00. The molecule has 0 aromatic carbocycles. The Morgan fingerprint density at radius 2 is 2.14 bits per heavy atom. The summed E-state index contributed by atoms with van der Waals surface area (Å²) >= 11 is 0. The first-order chi connectivity index (χ1) is 6.65. The molecule has 0 spiro atoms. The monoisotopic (exact) mass is 192 g/mol. The molecular formula is C10H16N4. The second kappa shape index (κ2) is 3.53. The van der Waals surface area contributed by atoms with E-state index in [1.165, 1.54) is 0 Å². The van der Waals surface area contributed by atoms with Gasteiger partial charge in [-0.3, -0.25) is 0 Å². The highest BCUT2D eigenvalue weighted by atomic mass is 15.1. The summed E-state index contributed by atoms with van der Waals surface area (Å²) in [6.07, 6.45) is 3.90. The third-order valence-electron chi connectivity index (χ3n) is 2.73. The zero-order valence-electron chi connectivity index (χ0n) is 8.62. The van der Waals surface area contributed by atoms with E-state index in [2.05, 4.69) is 15.3 Å². The van der Waals surface area contributed by atoms with Gasteiger partial charge in [-0.2, -0.15) is 0 Å². The second-order valence-electron chi connectivity index (χ2n) is 4.03. The first-order valence-electron chi connectivity index (χ1n) is 4.97. The average Bonchev–Trinajstić information content (AvgIpc) is 2.09. The maximum absolute atomic E-state index is 5.70. The number of nitrogens with one attached hydrogen (secondary N) is 1. The fraction of sp³-hybridized carbons (Fsp3) is 0.600. The summed E-state index contributed by atoms with van der Waals surface area (Å²) in [6, 6.07) is 0.825. The molecule has 1 heterocycles. The Bertz CT molecular complexity index is 331. The lowest BCUT2D eigenvalue weighted by Gasteiger charge is -2.32. The van der Waals surface area contributed by atoms with Crippen LogP contribution in [0.1, 0.15) is 24.1 Å². The molecule has 3 N–H and O–H groups in total. The maximum Gasteiger partial charge on any atom is 0.223 e. The Morgan fingerprint density at radius 1 is 1.43 bits per heavy atom. The van der Waals surface area contributed by atoms with Crippen molar-refractivity contribution in [1.82, 2.24) is 9.97 Å². The van der Waals surface area contributed by atoms with E-state index in [9.17, 15) is 0 Å². The molecule has 0 saturated heterocycles. The van der Waals surface area contributed by atoms with E-state index in [4.69, 9.17) is 5.73 Å². The molecule has 2 rings (SSSR count). The van der Waals surface area contributed by atoms with Crippen LogP contribution < -0.4 is 11.1 Å². The van der Waals surface area contributed by atoms with Crippen molar-refractivity contribution in [2.45, 2.75) is 38.8 Å². The highest BCUT2D eigenvalue weighted by molar-refractivity contribution is 5.30. The van der Waals surface area contributed by atoms with Crippen molar-refractivity contribution in [3.63, 3.8) is 0 Å². The first-order valence-corrected chi connectivity index (χ1v) is 4.97. The smallest absolute Gasteiger partial charge is 0.223 e. The van der Waals surface area contributed by atoms with Crippen molar-refractivity contribution in [2.24, 2.45) is 5.73 Å². The minimum atomic E-state index is 0.360. The van der Waals surface area contributed by atoms with E-state index in [1.54, 1.807) is 0 Å². The number of hydrogen-bond acceptors (Lipinski definition) is 4. The molecule has 0 aliphatic heterocycles. The van der Waals surface area contributed by atoms with E-state index in [0.29, 0.717) is 12.1 Å². The lowest BCUT2D eigenvalue weighted by Crippen LogP contribution is -2.44. The van der Waals surface area contributed by atoms with Crippen molar-refractivity contribution in [3.8, 4) is 0 Å². The van der Waals surface area contributed by atoms with Gasteiger partial charge in [0.05, 0.1) is 0 Å². The molecule has 4 nitrogen and oxygen atoms in total. The average molecular weight is 192 g/mol. The Labute approximate surface area is 83.9 Å². The molecule has 1 fully saturated rings. The van der Waals surface area contributed by atoms with Crippen LogP contribution in [0, 0.1) is 13.8 Å². The van der Waals surface area contributed by atoms with Gasteiger partial charge in [0.1, 0.15) is 0 Å². The molecule has 0 radical (unpaired) electrons. The summed E-state index contributed by atoms with van der Waals surface area (Å²) in [7, 11) is 0. The van der Waals surface area contributed by atoms with Crippen molar-refractivity contribution >= 4 is 5.95 Å². The van der Waals surface area contributed by atoms with E-state index in [1.807, 2.05) is 20.0 Å². The van der Waals surface area contributed by atoms with Crippen molar-refractivity contribution in [3.05, 3.63) is 17.5 Å². The van der Waals surface area contributed by atoms with Gasteiger partial charge in [0.2, 0.25) is 5.95 Å². The largest absolute Gasteiger partial charge is 0.351 e. The van der Waals surface area contributed by atoms with Crippen molar-refractivity contribution < 1.29 is 0 Å². The third kappa shape index (κ3) is 1.85. The summed E-state index contributed by atoms with van der Waals surface area (Å²) in [4.78, 5) is 8.58. The number of aromatic nitrogens is 2. The molecule has 1 aliphatic carbocycles. The zero-order chi connectivity index (χ0) is 10.1. The molecule has 14 heavy (non-hydrogen) atoms. The van der Waals surface area contributed by atoms with Crippen LogP contribution in [0.15, 0.2) is 6.20 Å². The van der Waals surface area contributed by atoms with Gasteiger partial charge >= 0.3 is 0 Å². The van der Waals surface area contributed by atoms with Crippen LogP contribution in [0.5, 0.6) is 0 Å². The van der Waals surface area contributed by atoms with Crippen LogP contribution in [0.25, 0.3) is 0 Å². The molecule has 0 bridgehead atoms. The number of aryl methyl sites for hydroxylation is 2. The standard InChI is InChI=1S/C10H16N4/c1-6-5-12-10(13-7(6)2)14-9-3-8(11)4-9/h5,8-9H,3-4,11H2,1-2H3,(H,12,13,14). The van der Waals surface area contributed by atoms with Crippen LogP contribution in [-0.4, -0.2) is 22.1 Å². The number of nitrogens with two attached hydrogens (primary N) is 1. The molecule has 4 heteroatoms. The van der Waals surface area contributed by atoms with Gasteiger partial charge in [0.25, 0.3) is 0 Å². The number of rotatable bonds is 2. The molecule has 1 aromatic heterocycles. The fourth-order valence-corrected chi connectivity index (χ4v) is 1.56. The predicted octanol–water partition coefficient (Wildman–Crippen LogP) is 0.995. The summed E-state index contributed by atoms with van der Waals surface area (Å²) in [5.74, 6) is 0.727. The SMILES string of the molecule is Cc1cnc(NC2CC(N)C2)nc1C. The quantitative estimate of drug-likeness (QED) is 0.733. The van der Waals surface area contributed by atoms with Crippen LogP contribution in [-0.2, 0) is 0 Å². The zero-order valence-corrected chi connectivity index (χ0v) is 8.62. The predicted molar refractivity (Wildman–Crippen MR) is 56.1 cm³/mol. The number of nitrogens with zero attached hydrogens (tertiary/aromatic N) is 2. The highest BCUT2D eigenvalue weighted by Crippen LogP contribution is 2.20. The van der Waals surface area contributed by atoms with Gasteiger partial charge in [0, 0.05) is 24.0 Å². The minimum absolute atomic E-state index is 0.360. The van der Waals surface area contributed by atoms with Crippen LogP contribution in [0.2, 0.25) is 0 Å². The van der Waals surface area contributed by atoms with Gasteiger partial charge < -0.3 is 11.1 Å². The lowest BCUT2D eigenvalue weighted by atomic mass is 9.88. The minimum Gasteiger partial charge on any atom is -0.351 e. The molecule has 1 aromatic rings. The van der Waals surface area contributed by atoms with Gasteiger partial charge in [-0.1, -0.05) is 0 Å². The van der Waals surface area contributed by atoms with E-state index in [0.717, 1.165) is 30.0 Å². The van der Waals surface area contributed by atoms with Gasteiger partial charge in [0.15, 0.2) is 0 Å². The number of anilines is 1. The first kappa shape index (κ1) is 9.40. The summed E-state index contributed by atoms with van der Waals surface area (Å²) < 4.78 is 0. The van der Waals surface area contributed by atoms with Crippen LogP contribution >= 0.6 is 0 Å². The molecular weight excluding hydrogens is 176 g/mol. The van der Waals surface area contributed by atoms with Crippen LogP contribution in [0.3, 0.4) is 0 Å². The summed E-state index contributed by atoms with van der Waals surface area (Å²) in [5.41, 5.74) is 7.85. The molecule has 1 saturated carbocycles. The van der Waals surface area contributed by atoms with E-state index < -0.39 is 0 Å². The molecule has 1 aliphatic rings.